The standard InChI is InChI=1S/C19H28/c1-15-7-9-17(10-8-15)19-13-11-18(12-14-19)16-5-3-2-4-6-16/h2-6,15,17-19H,7-14H2,1H3/t15-,17-,18-,19-. The van der Waals surface area contributed by atoms with Crippen molar-refractivity contribution in [2.45, 2.75) is 64.2 Å². The maximum absolute atomic E-state index is 2.43. The minimum atomic E-state index is 0.847. The Morgan fingerprint density at radius 2 is 1.21 bits per heavy atom. The molecule has 0 unspecified atom stereocenters. The quantitative estimate of drug-likeness (QED) is 0.628. The van der Waals surface area contributed by atoms with Crippen LogP contribution in [0.5, 0.6) is 0 Å². The zero-order valence-electron chi connectivity index (χ0n) is 12.4. The van der Waals surface area contributed by atoms with E-state index in [-0.39, 0.29) is 0 Å². The molecule has 0 N–H and O–H groups in total. The van der Waals surface area contributed by atoms with Crippen molar-refractivity contribution < 1.29 is 0 Å². The molecular weight excluding hydrogens is 228 g/mol. The molecule has 2 aliphatic carbocycles. The molecule has 1 aromatic carbocycles. The summed E-state index contributed by atoms with van der Waals surface area (Å²) < 4.78 is 0. The first-order valence-corrected chi connectivity index (χ1v) is 8.38. The molecule has 104 valence electrons. The third-order valence-corrected chi connectivity index (χ3v) is 5.77. The molecule has 0 heterocycles. The van der Waals surface area contributed by atoms with Crippen LogP contribution in [0.2, 0.25) is 0 Å². The molecule has 0 bridgehead atoms. The summed E-state index contributed by atoms with van der Waals surface area (Å²) in [5, 5.41) is 0. The van der Waals surface area contributed by atoms with Crippen LogP contribution in [-0.4, -0.2) is 0 Å². The molecule has 0 radical (unpaired) electrons. The Bertz CT molecular complexity index is 364. The molecule has 2 fully saturated rings. The van der Waals surface area contributed by atoms with Crippen LogP contribution in [0.25, 0.3) is 0 Å². The number of hydrogen-bond donors (Lipinski definition) is 0. The van der Waals surface area contributed by atoms with Gasteiger partial charge in [-0.3, -0.25) is 0 Å². The second-order valence-corrected chi connectivity index (χ2v) is 7.04. The van der Waals surface area contributed by atoms with E-state index in [0.717, 1.165) is 23.7 Å². The minimum absolute atomic E-state index is 0.847. The second-order valence-electron chi connectivity index (χ2n) is 7.04. The predicted octanol–water partition coefficient (Wildman–Crippen LogP) is 5.79. The fourth-order valence-corrected chi connectivity index (χ4v) is 4.41. The average Bonchev–Trinajstić information content (AvgIpc) is 2.49. The van der Waals surface area contributed by atoms with Crippen LogP contribution in [0.15, 0.2) is 30.3 Å². The SMILES string of the molecule is C[C@H]1CC[C@H]([C@H]2CC[C@H](c3ccccc3)CC2)CC1. The summed E-state index contributed by atoms with van der Waals surface area (Å²) in [7, 11) is 0. The van der Waals surface area contributed by atoms with Crippen molar-refractivity contribution in [3.8, 4) is 0 Å². The summed E-state index contributed by atoms with van der Waals surface area (Å²) in [4.78, 5) is 0. The second kappa shape index (κ2) is 6.11. The summed E-state index contributed by atoms with van der Waals surface area (Å²) >= 11 is 0. The molecule has 0 saturated heterocycles. The van der Waals surface area contributed by atoms with Crippen LogP contribution < -0.4 is 0 Å². The van der Waals surface area contributed by atoms with Crippen LogP contribution in [0.3, 0.4) is 0 Å². The van der Waals surface area contributed by atoms with Crippen molar-refractivity contribution in [2.24, 2.45) is 17.8 Å². The summed E-state index contributed by atoms with van der Waals surface area (Å²) in [6.45, 7) is 2.43. The van der Waals surface area contributed by atoms with Gasteiger partial charge in [-0.25, -0.2) is 0 Å². The minimum Gasteiger partial charge on any atom is -0.0625 e. The first-order chi connectivity index (χ1) is 9.33. The van der Waals surface area contributed by atoms with Crippen molar-refractivity contribution in [2.75, 3.05) is 0 Å². The maximum Gasteiger partial charge on any atom is -0.0162 e. The number of rotatable bonds is 2. The lowest BCUT2D eigenvalue weighted by Crippen LogP contribution is -2.24. The molecule has 0 nitrogen and oxygen atoms in total. The largest absolute Gasteiger partial charge is 0.0625 e. The summed E-state index contributed by atoms with van der Waals surface area (Å²) in [5.41, 5.74) is 1.58. The van der Waals surface area contributed by atoms with E-state index in [2.05, 4.69) is 37.3 Å². The van der Waals surface area contributed by atoms with E-state index >= 15 is 0 Å². The Hall–Kier alpha value is -0.780. The van der Waals surface area contributed by atoms with Crippen molar-refractivity contribution in [3.63, 3.8) is 0 Å². The average molecular weight is 256 g/mol. The lowest BCUT2D eigenvalue weighted by atomic mass is 9.68. The van der Waals surface area contributed by atoms with Gasteiger partial charge in [0.1, 0.15) is 0 Å². The predicted molar refractivity (Wildman–Crippen MR) is 82.3 cm³/mol. The molecule has 0 atom stereocenters. The first-order valence-electron chi connectivity index (χ1n) is 8.38. The fourth-order valence-electron chi connectivity index (χ4n) is 4.41. The van der Waals surface area contributed by atoms with E-state index in [1.54, 1.807) is 5.56 Å². The molecule has 2 saturated carbocycles. The Kier molecular flexibility index (Phi) is 4.25. The maximum atomic E-state index is 2.43. The molecule has 2 aliphatic rings. The molecule has 0 aromatic heterocycles. The molecule has 0 aliphatic heterocycles. The Labute approximate surface area is 118 Å². The van der Waals surface area contributed by atoms with Gasteiger partial charge in [-0.1, -0.05) is 50.1 Å². The van der Waals surface area contributed by atoms with Gasteiger partial charge in [0.05, 0.1) is 0 Å². The van der Waals surface area contributed by atoms with E-state index in [9.17, 15) is 0 Å². The zero-order valence-corrected chi connectivity index (χ0v) is 12.4. The van der Waals surface area contributed by atoms with Crippen molar-refractivity contribution in [1.29, 1.82) is 0 Å². The topological polar surface area (TPSA) is 0 Å². The molecule has 19 heavy (non-hydrogen) atoms. The van der Waals surface area contributed by atoms with Gasteiger partial charge in [0, 0.05) is 0 Å². The van der Waals surface area contributed by atoms with E-state index < -0.39 is 0 Å². The van der Waals surface area contributed by atoms with Crippen LogP contribution in [0.4, 0.5) is 0 Å². The van der Waals surface area contributed by atoms with Crippen LogP contribution in [0, 0.1) is 17.8 Å². The fraction of sp³-hybridized carbons (Fsp3) is 0.684. The number of hydrogen-bond acceptors (Lipinski definition) is 0. The molecule has 0 heteroatoms. The Morgan fingerprint density at radius 3 is 1.79 bits per heavy atom. The zero-order chi connectivity index (χ0) is 13.1. The normalized spacial score (nSPS) is 36.1. The van der Waals surface area contributed by atoms with E-state index in [4.69, 9.17) is 0 Å². The van der Waals surface area contributed by atoms with E-state index in [0.29, 0.717) is 0 Å². The van der Waals surface area contributed by atoms with Crippen molar-refractivity contribution in [1.82, 2.24) is 0 Å². The smallest absolute Gasteiger partial charge is 0.0162 e. The van der Waals surface area contributed by atoms with E-state index in [1.807, 2.05) is 0 Å². The Balaban J connectivity index is 1.52. The molecule has 0 amide bonds. The van der Waals surface area contributed by atoms with Gasteiger partial charge in [0.25, 0.3) is 0 Å². The highest BCUT2D eigenvalue weighted by Gasteiger charge is 2.30. The monoisotopic (exact) mass is 256 g/mol. The van der Waals surface area contributed by atoms with Gasteiger partial charge >= 0.3 is 0 Å². The van der Waals surface area contributed by atoms with Crippen LogP contribution >= 0.6 is 0 Å². The Morgan fingerprint density at radius 1 is 0.684 bits per heavy atom. The van der Waals surface area contributed by atoms with Crippen molar-refractivity contribution in [3.05, 3.63) is 35.9 Å². The third-order valence-electron chi connectivity index (χ3n) is 5.77. The summed E-state index contributed by atoms with van der Waals surface area (Å²) in [5.74, 6) is 3.96. The highest BCUT2D eigenvalue weighted by molar-refractivity contribution is 5.19. The molecule has 0 spiro atoms. The van der Waals surface area contributed by atoms with Crippen molar-refractivity contribution >= 4 is 0 Å². The summed E-state index contributed by atoms with van der Waals surface area (Å²) in [6, 6.07) is 11.2. The number of benzene rings is 1. The highest BCUT2D eigenvalue weighted by Crippen LogP contribution is 2.43. The first kappa shape index (κ1) is 13.2. The van der Waals surface area contributed by atoms with Gasteiger partial charge < -0.3 is 0 Å². The van der Waals surface area contributed by atoms with Crippen LogP contribution in [-0.2, 0) is 0 Å². The molecule has 3 rings (SSSR count). The van der Waals surface area contributed by atoms with Gasteiger partial charge in [-0.05, 0) is 67.8 Å². The summed E-state index contributed by atoms with van der Waals surface area (Å²) in [6.07, 6.45) is 11.8. The highest BCUT2D eigenvalue weighted by atomic mass is 14.4. The van der Waals surface area contributed by atoms with Gasteiger partial charge in [-0.15, -0.1) is 0 Å². The van der Waals surface area contributed by atoms with Crippen LogP contribution in [0.1, 0.15) is 69.8 Å². The van der Waals surface area contributed by atoms with E-state index in [1.165, 1.54) is 51.4 Å². The lowest BCUT2D eigenvalue weighted by molar-refractivity contribution is 0.165. The van der Waals surface area contributed by atoms with Gasteiger partial charge in [-0.2, -0.15) is 0 Å². The third kappa shape index (κ3) is 3.22. The van der Waals surface area contributed by atoms with Gasteiger partial charge in [0.2, 0.25) is 0 Å². The molecular formula is C19H28. The molecule has 1 aromatic rings. The lowest BCUT2D eigenvalue weighted by Gasteiger charge is -2.37. The van der Waals surface area contributed by atoms with Gasteiger partial charge in [0.15, 0.2) is 0 Å².